The quantitative estimate of drug-likeness (QED) is 0.463. The zero-order valence-corrected chi connectivity index (χ0v) is 4.69. The van der Waals surface area contributed by atoms with Gasteiger partial charge in [0.15, 0.2) is 0 Å². The number of hydrogen-bond donors (Lipinski definition) is 0. The molecular weight excluding hydrogens is 84.1 g/mol. The molecule has 1 fully saturated rings. The molecule has 0 aromatic carbocycles. The molecule has 0 aromatic heterocycles. The van der Waals surface area contributed by atoms with Crippen LogP contribution in [0.1, 0.15) is 25.7 Å². The van der Waals surface area contributed by atoms with Gasteiger partial charge in [-0.2, -0.15) is 0 Å². The molecule has 0 unspecified atom stereocenters. The van der Waals surface area contributed by atoms with Gasteiger partial charge >= 0.3 is 0 Å². The molecule has 0 saturated heterocycles. The summed E-state index contributed by atoms with van der Waals surface area (Å²) in [5, 5.41) is 0. The van der Waals surface area contributed by atoms with Crippen LogP contribution in [0, 0.1) is 5.92 Å². The molecule has 0 spiro atoms. The molecule has 0 heteroatoms. The molecule has 0 bridgehead atoms. The predicted molar refractivity (Wildman–Crippen MR) is 32.2 cm³/mol. The van der Waals surface area contributed by atoms with Crippen molar-refractivity contribution in [2.45, 2.75) is 25.7 Å². The Morgan fingerprint density at radius 3 is 2.43 bits per heavy atom. The van der Waals surface area contributed by atoms with Gasteiger partial charge in [-0.05, 0) is 12.3 Å². The highest BCUT2D eigenvalue weighted by Crippen LogP contribution is 2.29. The van der Waals surface area contributed by atoms with Crippen LogP contribution in [0.2, 0.25) is 0 Å². The third-order valence-electron chi connectivity index (χ3n) is 1.72. The van der Waals surface area contributed by atoms with Crippen LogP contribution in [0.15, 0.2) is 12.7 Å². The standard InChI is InChI=1S/C7H12/c1-2-4-7-5-3-6-7/h2,7H,1,3-6H2. The Morgan fingerprint density at radius 1 is 1.57 bits per heavy atom. The molecule has 0 atom stereocenters. The van der Waals surface area contributed by atoms with E-state index in [0.717, 1.165) is 5.92 Å². The fraction of sp³-hybridized carbons (Fsp3) is 0.714. The van der Waals surface area contributed by atoms with Crippen molar-refractivity contribution in [3.63, 3.8) is 0 Å². The van der Waals surface area contributed by atoms with E-state index in [4.69, 9.17) is 0 Å². The second-order valence-electron chi connectivity index (χ2n) is 2.32. The van der Waals surface area contributed by atoms with Crippen LogP contribution in [0.4, 0.5) is 0 Å². The first-order chi connectivity index (χ1) is 3.43. The van der Waals surface area contributed by atoms with Gasteiger partial charge in [-0.3, -0.25) is 0 Å². The molecule has 1 aliphatic carbocycles. The summed E-state index contributed by atoms with van der Waals surface area (Å²) in [4.78, 5) is 0. The van der Waals surface area contributed by atoms with Gasteiger partial charge in [0.2, 0.25) is 0 Å². The predicted octanol–water partition coefficient (Wildman–Crippen LogP) is 2.36. The van der Waals surface area contributed by atoms with Crippen molar-refractivity contribution in [2.75, 3.05) is 0 Å². The molecule has 0 aliphatic heterocycles. The molecule has 0 N–H and O–H groups in total. The Hall–Kier alpha value is -0.260. The van der Waals surface area contributed by atoms with Crippen LogP contribution in [-0.2, 0) is 0 Å². The first-order valence-electron chi connectivity index (χ1n) is 3.04. The topological polar surface area (TPSA) is 0 Å². The van der Waals surface area contributed by atoms with E-state index in [9.17, 15) is 0 Å². The Kier molecular flexibility index (Phi) is 1.50. The van der Waals surface area contributed by atoms with Crippen LogP contribution in [0.5, 0.6) is 0 Å². The monoisotopic (exact) mass is 96.1 g/mol. The third-order valence-corrected chi connectivity index (χ3v) is 1.72. The van der Waals surface area contributed by atoms with E-state index >= 15 is 0 Å². The van der Waals surface area contributed by atoms with E-state index < -0.39 is 0 Å². The summed E-state index contributed by atoms with van der Waals surface area (Å²) in [6.45, 7) is 3.68. The second kappa shape index (κ2) is 2.15. The molecule has 0 aromatic rings. The average Bonchev–Trinajstić information content (AvgIpc) is 1.55. The lowest BCUT2D eigenvalue weighted by atomic mass is 9.83. The minimum atomic E-state index is 1.01. The largest absolute Gasteiger partial charge is 0.103 e. The fourth-order valence-corrected chi connectivity index (χ4v) is 0.964. The van der Waals surface area contributed by atoms with E-state index in [0.29, 0.717) is 0 Å². The maximum atomic E-state index is 3.68. The van der Waals surface area contributed by atoms with Crippen LogP contribution in [0.25, 0.3) is 0 Å². The molecule has 1 aliphatic rings. The van der Waals surface area contributed by atoms with Gasteiger partial charge in [0.1, 0.15) is 0 Å². The summed E-state index contributed by atoms with van der Waals surface area (Å²) in [5.74, 6) is 1.01. The molecular formula is C7H12. The van der Waals surface area contributed by atoms with E-state index in [1.165, 1.54) is 25.7 Å². The maximum absolute atomic E-state index is 3.68. The van der Waals surface area contributed by atoms with E-state index in [1.807, 2.05) is 6.08 Å². The van der Waals surface area contributed by atoms with Crippen molar-refractivity contribution in [1.29, 1.82) is 0 Å². The van der Waals surface area contributed by atoms with Crippen molar-refractivity contribution in [3.8, 4) is 0 Å². The molecule has 0 radical (unpaired) electrons. The van der Waals surface area contributed by atoms with E-state index in [2.05, 4.69) is 6.58 Å². The maximum Gasteiger partial charge on any atom is -0.0325 e. The molecule has 0 heterocycles. The molecule has 0 amide bonds. The number of allylic oxidation sites excluding steroid dienone is 1. The number of hydrogen-bond acceptors (Lipinski definition) is 0. The SMILES string of the molecule is C=CCC1CCC1. The van der Waals surface area contributed by atoms with E-state index in [-0.39, 0.29) is 0 Å². The lowest BCUT2D eigenvalue weighted by Crippen LogP contribution is -2.08. The Labute approximate surface area is 45.2 Å². The molecule has 40 valence electrons. The molecule has 1 rings (SSSR count). The summed E-state index contributed by atoms with van der Waals surface area (Å²) < 4.78 is 0. The minimum Gasteiger partial charge on any atom is -0.103 e. The van der Waals surface area contributed by atoms with Gasteiger partial charge < -0.3 is 0 Å². The highest BCUT2D eigenvalue weighted by Gasteiger charge is 2.14. The molecule has 1 saturated carbocycles. The third kappa shape index (κ3) is 1.05. The summed E-state index contributed by atoms with van der Waals surface area (Å²) in [6, 6.07) is 0. The highest BCUT2D eigenvalue weighted by atomic mass is 14.2. The summed E-state index contributed by atoms with van der Waals surface area (Å²) >= 11 is 0. The second-order valence-corrected chi connectivity index (χ2v) is 2.32. The lowest BCUT2D eigenvalue weighted by molar-refractivity contribution is 0.320. The summed E-state index contributed by atoms with van der Waals surface area (Å²) in [6.07, 6.45) is 7.64. The minimum absolute atomic E-state index is 1.01. The highest BCUT2D eigenvalue weighted by molar-refractivity contribution is 4.78. The van der Waals surface area contributed by atoms with E-state index in [1.54, 1.807) is 0 Å². The van der Waals surface area contributed by atoms with Gasteiger partial charge in [-0.1, -0.05) is 25.3 Å². The van der Waals surface area contributed by atoms with Crippen LogP contribution in [0.3, 0.4) is 0 Å². The van der Waals surface area contributed by atoms with Gasteiger partial charge in [0, 0.05) is 0 Å². The smallest absolute Gasteiger partial charge is 0.0325 e. The zero-order chi connectivity index (χ0) is 5.11. The summed E-state index contributed by atoms with van der Waals surface area (Å²) in [5.41, 5.74) is 0. The van der Waals surface area contributed by atoms with Gasteiger partial charge in [-0.25, -0.2) is 0 Å². The average molecular weight is 96.2 g/mol. The van der Waals surface area contributed by atoms with Crippen molar-refractivity contribution in [2.24, 2.45) is 5.92 Å². The Morgan fingerprint density at radius 2 is 2.29 bits per heavy atom. The van der Waals surface area contributed by atoms with Crippen LogP contribution >= 0.6 is 0 Å². The molecule has 7 heavy (non-hydrogen) atoms. The van der Waals surface area contributed by atoms with Crippen molar-refractivity contribution in [3.05, 3.63) is 12.7 Å². The first-order valence-corrected chi connectivity index (χ1v) is 3.04. The van der Waals surface area contributed by atoms with Gasteiger partial charge in [-0.15, -0.1) is 6.58 Å². The van der Waals surface area contributed by atoms with Crippen molar-refractivity contribution in [1.82, 2.24) is 0 Å². The number of rotatable bonds is 2. The zero-order valence-electron chi connectivity index (χ0n) is 4.69. The molecule has 0 nitrogen and oxygen atoms in total. The Balaban J connectivity index is 2.03. The van der Waals surface area contributed by atoms with Crippen molar-refractivity contribution < 1.29 is 0 Å². The summed E-state index contributed by atoms with van der Waals surface area (Å²) in [7, 11) is 0. The lowest BCUT2D eigenvalue weighted by Gasteiger charge is -2.23. The normalized spacial score (nSPS) is 21.1. The first kappa shape index (κ1) is 4.89. The fourth-order valence-electron chi connectivity index (χ4n) is 0.964. The Bertz CT molecular complexity index is 60.4. The van der Waals surface area contributed by atoms with Gasteiger partial charge in [0.25, 0.3) is 0 Å². The van der Waals surface area contributed by atoms with Crippen molar-refractivity contribution >= 4 is 0 Å². The van der Waals surface area contributed by atoms with Crippen LogP contribution < -0.4 is 0 Å². The van der Waals surface area contributed by atoms with Crippen LogP contribution in [-0.4, -0.2) is 0 Å². The van der Waals surface area contributed by atoms with Gasteiger partial charge in [0.05, 0.1) is 0 Å².